The third-order valence-electron chi connectivity index (χ3n) is 10.5. The van der Waals surface area contributed by atoms with Crippen molar-refractivity contribution in [1.82, 2.24) is 20.0 Å². The quantitative estimate of drug-likeness (QED) is 0.221. The van der Waals surface area contributed by atoms with Gasteiger partial charge in [0.2, 0.25) is 11.8 Å². The molecule has 2 aliphatic rings. The number of carboxylic acids is 2. The van der Waals surface area contributed by atoms with Gasteiger partial charge in [-0.1, -0.05) is 68.4 Å². The highest BCUT2D eigenvalue weighted by Crippen LogP contribution is 2.44. The number of nitrogens with two attached hydrogens (primary N) is 1. The van der Waals surface area contributed by atoms with E-state index >= 15 is 0 Å². The van der Waals surface area contributed by atoms with Crippen molar-refractivity contribution in [3.8, 4) is 11.1 Å². The molecule has 0 spiro atoms. The zero-order chi connectivity index (χ0) is 50.4. The predicted octanol–water partition coefficient (Wildman–Crippen LogP) is 0.0979. The van der Waals surface area contributed by atoms with Crippen LogP contribution in [0.2, 0.25) is 0 Å². The minimum atomic E-state index is -5.19. The third kappa shape index (κ3) is 16.3. The minimum Gasteiger partial charge on any atom is -0.542 e. The van der Waals surface area contributed by atoms with Crippen LogP contribution >= 0.6 is 0 Å². The second kappa shape index (κ2) is 24.1. The number of carbonyl (C=O) groups is 7. The number of ether oxygens (including phenoxy) is 1. The van der Waals surface area contributed by atoms with Gasteiger partial charge in [0.15, 0.2) is 12.1 Å². The Morgan fingerprint density at radius 3 is 1.54 bits per heavy atom. The Bertz CT molecular complexity index is 2190. The molecule has 0 radical (unpaired) electrons. The van der Waals surface area contributed by atoms with Crippen LogP contribution in [0.1, 0.15) is 72.1 Å². The Morgan fingerprint density at radius 1 is 0.716 bits per heavy atom. The molecular formula is C44H53F6N7O10. The minimum absolute atomic E-state index is 0.00520. The van der Waals surface area contributed by atoms with Crippen molar-refractivity contribution in [1.29, 1.82) is 0 Å². The summed E-state index contributed by atoms with van der Waals surface area (Å²) >= 11 is 0. The van der Waals surface area contributed by atoms with Crippen molar-refractivity contribution in [2.45, 2.75) is 77.1 Å². The van der Waals surface area contributed by atoms with Crippen molar-refractivity contribution in [2.75, 3.05) is 39.3 Å². The maximum atomic E-state index is 13.7. The summed E-state index contributed by atoms with van der Waals surface area (Å²) in [5, 5.41) is 20.2. The van der Waals surface area contributed by atoms with Gasteiger partial charge in [-0.2, -0.15) is 26.3 Å². The molecule has 5 amide bonds. The molecule has 67 heavy (non-hydrogen) atoms. The standard InChI is InChI=1S/C40H51N7O6.2C2HF3O2/c1-25(2)36(42)39(51)47-17-9-15-45(14-8-16-46(38(50)26(3)41)22-27-18-28(23-47)20-29(19-27)37(43)49)35(48)21-44-40(52)53-24-34-32-12-6-4-10-30(32)31-11-5-7-13-33(31)34;2*3-2(4,5)1(6)7/h4-7,10-13,18-20,25-26,34,36H,8-9,14-17,21-24,41-42H2,1-3H3,(H2,43,49)(H,44,52);2*(H,6,7)/t26-,36-;;/m0../s1. The van der Waals surface area contributed by atoms with Gasteiger partial charge < -0.3 is 61.8 Å². The average molecular weight is 954 g/mol. The van der Waals surface area contributed by atoms with Crippen LogP contribution in [0, 0.1) is 5.92 Å². The number of hydrogen-bond donors (Lipinski definition) is 4. The molecule has 0 unspecified atom stereocenters. The highest BCUT2D eigenvalue weighted by molar-refractivity contribution is 5.93. The number of amides is 5. The molecule has 3 aromatic carbocycles. The lowest BCUT2D eigenvalue weighted by Crippen LogP contribution is -2.70. The summed E-state index contributed by atoms with van der Waals surface area (Å²) in [6.07, 6.45) is -10.2. The first-order valence-electron chi connectivity index (χ1n) is 20.8. The average Bonchev–Trinajstić information content (AvgIpc) is 3.58. The number of nitrogens with zero attached hydrogens (tertiary/aromatic N) is 3. The normalized spacial score (nSPS) is 15.2. The van der Waals surface area contributed by atoms with Gasteiger partial charge in [0, 0.05) is 56.7 Å². The zero-order valence-corrected chi connectivity index (χ0v) is 36.9. The van der Waals surface area contributed by atoms with E-state index in [-0.39, 0.29) is 55.8 Å². The molecule has 0 aromatic heterocycles. The van der Waals surface area contributed by atoms with E-state index in [0.717, 1.165) is 22.3 Å². The molecule has 0 saturated heterocycles. The molecule has 366 valence electrons. The monoisotopic (exact) mass is 953 g/mol. The molecule has 0 saturated carbocycles. The lowest BCUT2D eigenvalue weighted by Gasteiger charge is -2.30. The van der Waals surface area contributed by atoms with Crippen LogP contribution in [-0.2, 0) is 41.8 Å². The maximum Gasteiger partial charge on any atom is 0.430 e. The Hall–Kier alpha value is -6.75. The fourth-order valence-electron chi connectivity index (χ4n) is 7.07. The van der Waals surface area contributed by atoms with Gasteiger partial charge in [-0.15, -0.1) is 0 Å². The molecule has 3 aromatic rings. The molecule has 1 aliphatic heterocycles. The summed E-state index contributed by atoms with van der Waals surface area (Å²) < 4.78 is 68.8. The van der Waals surface area contributed by atoms with Crippen LogP contribution < -0.4 is 32.7 Å². The first kappa shape index (κ1) is 54.6. The molecule has 9 N–H and O–H groups in total. The smallest absolute Gasteiger partial charge is 0.430 e. The number of halogens is 6. The third-order valence-corrected chi connectivity index (χ3v) is 10.5. The first-order chi connectivity index (χ1) is 31.2. The number of quaternary nitrogens is 2. The van der Waals surface area contributed by atoms with Gasteiger partial charge in [0.25, 0.3) is 11.8 Å². The van der Waals surface area contributed by atoms with E-state index in [1.807, 2.05) is 56.3 Å². The molecule has 1 heterocycles. The highest BCUT2D eigenvalue weighted by atomic mass is 19.4. The van der Waals surface area contributed by atoms with E-state index in [2.05, 4.69) is 28.9 Å². The van der Waals surface area contributed by atoms with Crippen molar-refractivity contribution in [2.24, 2.45) is 11.7 Å². The molecule has 1 aliphatic carbocycles. The topological polar surface area (TPSA) is 278 Å². The summed E-state index contributed by atoms with van der Waals surface area (Å²) in [6, 6.07) is 20.4. The molecule has 23 heteroatoms. The number of hydrogen-bond acceptors (Lipinski definition) is 10. The molecular weight excluding hydrogens is 901 g/mol. The maximum absolute atomic E-state index is 13.7. The van der Waals surface area contributed by atoms with Crippen LogP contribution in [-0.4, -0.2) is 120 Å². The number of rotatable bonds is 8. The second-order valence-electron chi connectivity index (χ2n) is 16.0. The van der Waals surface area contributed by atoms with Crippen molar-refractivity contribution < 1.29 is 86.3 Å². The fraction of sp³-hybridized carbons (Fsp3) is 0.432. The van der Waals surface area contributed by atoms with E-state index in [0.29, 0.717) is 55.7 Å². The van der Waals surface area contributed by atoms with E-state index in [1.54, 1.807) is 33.8 Å². The molecule has 2 atom stereocenters. The summed E-state index contributed by atoms with van der Waals surface area (Å²) in [6.45, 7) is 7.13. The summed E-state index contributed by atoms with van der Waals surface area (Å²) in [5.74, 6) is -7.35. The number of nitrogens with one attached hydrogen (secondary N) is 1. The Balaban J connectivity index is 0.000000737. The zero-order valence-electron chi connectivity index (χ0n) is 36.9. The van der Waals surface area contributed by atoms with Gasteiger partial charge in [-0.05, 0) is 65.3 Å². The Labute approximate surface area is 381 Å². The predicted molar refractivity (Wildman–Crippen MR) is 221 cm³/mol. The highest BCUT2D eigenvalue weighted by Gasteiger charge is 2.32. The van der Waals surface area contributed by atoms with Crippen LogP contribution in [0.15, 0.2) is 66.7 Å². The van der Waals surface area contributed by atoms with Crippen LogP contribution in [0.4, 0.5) is 31.1 Å². The molecule has 0 fully saturated rings. The van der Waals surface area contributed by atoms with E-state index in [4.69, 9.17) is 30.3 Å². The van der Waals surface area contributed by atoms with Gasteiger partial charge in [0.1, 0.15) is 25.1 Å². The number of alkyl carbamates (subject to hydrolysis) is 1. The lowest BCUT2D eigenvalue weighted by atomic mass is 9.98. The number of carboxylic acid groups (broad SMARTS) is 2. The number of alkyl halides is 6. The number of aliphatic carboxylic acids is 2. The lowest BCUT2D eigenvalue weighted by molar-refractivity contribution is -0.416. The fourth-order valence-corrected chi connectivity index (χ4v) is 7.07. The number of primary amides is 1. The van der Waals surface area contributed by atoms with Gasteiger partial charge in [0.05, 0.1) is 0 Å². The van der Waals surface area contributed by atoms with Crippen molar-refractivity contribution in [3.05, 3.63) is 94.5 Å². The van der Waals surface area contributed by atoms with Crippen LogP contribution in [0.5, 0.6) is 0 Å². The van der Waals surface area contributed by atoms with Crippen LogP contribution in [0.25, 0.3) is 11.1 Å². The van der Waals surface area contributed by atoms with Gasteiger partial charge >= 0.3 is 18.4 Å². The SMILES string of the molecule is CC(C)[C@H]([NH3+])C(=O)N1CCCN(C(=O)CNC(=O)OCC2c3ccccc3-c3ccccc32)CCCN(C(=O)[C@H](C)[NH3+])Cc2cc(cc(C(N)=O)c2)C1.O=C([O-])C(F)(F)F.O=C([O-])C(F)(F)F. The Morgan fingerprint density at radius 2 is 1.13 bits per heavy atom. The summed E-state index contributed by atoms with van der Waals surface area (Å²) in [5.41, 5.74) is 19.8. The van der Waals surface area contributed by atoms with E-state index < -0.39 is 48.4 Å². The first-order valence-corrected chi connectivity index (χ1v) is 20.8. The van der Waals surface area contributed by atoms with E-state index in [9.17, 15) is 50.3 Å². The van der Waals surface area contributed by atoms with Crippen molar-refractivity contribution in [3.63, 3.8) is 0 Å². The Kier molecular flexibility index (Phi) is 19.7. The number of fused-ring (bicyclic) bond motifs is 5. The van der Waals surface area contributed by atoms with Gasteiger partial charge in [-0.3, -0.25) is 19.2 Å². The summed E-state index contributed by atoms with van der Waals surface area (Å²) in [4.78, 5) is 88.4. The summed E-state index contributed by atoms with van der Waals surface area (Å²) in [7, 11) is 0. The molecule has 17 nitrogen and oxygen atoms in total. The largest absolute Gasteiger partial charge is 0.542 e. The molecule has 5 rings (SSSR count). The number of carbonyl (C=O) groups excluding carboxylic acids is 7. The van der Waals surface area contributed by atoms with E-state index in [1.165, 1.54) is 0 Å². The van der Waals surface area contributed by atoms with Crippen LogP contribution in [0.3, 0.4) is 0 Å². The van der Waals surface area contributed by atoms with Gasteiger partial charge in [-0.25, -0.2) is 4.79 Å². The second-order valence-corrected chi connectivity index (χ2v) is 16.0. The molecule has 2 bridgehead atoms. The number of benzene rings is 3. The van der Waals surface area contributed by atoms with Crippen molar-refractivity contribution >= 4 is 41.7 Å².